The second kappa shape index (κ2) is 6.73. The molecular formula is C18H28N2. The molecule has 0 saturated carbocycles. The van der Waals surface area contributed by atoms with Crippen LogP contribution in [0.5, 0.6) is 0 Å². The monoisotopic (exact) mass is 272 g/mol. The summed E-state index contributed by atoms with van der Waals surface area (Å²) in [5, 5.41) is 3.55. The number of piperidine rings is 1. The zero-order valence-corrected chi connectivity index (χ0v) is 12.8. The van der Waals surface area contributed by atoms with Gasteiger partial charge in [0, 0.05) is 12.6 Å². The van der Waals surface area contributed by atoms with Crippen LogP contribution in [0.25, 0.3) is 0 Å². The first-order chi connectivity index (χ1) is 9.84. The second-order valence-corrected chi connectivity index (χ2v) is 6.61. The lowest BCUT2D eigenvalue weighted by atomic mass is 9.95. The minimum Gasteiger partial charge on any atom is -0.316 e. The van der Waals surface area contributed by atoms with Crippen LogP contribution < -0.4 is 5.32 Å². The predicted octanol–water partition coefficient (Wildman–Crippen LogP) is 3.39. The summed E-state index contributed by atoms with van der Waals surface area (Å²) in [6.07, 6.45) is 8.06. The zero-order chi connectivity index (χ0) is 13.8. The summed E-state index contributed by atoms with van der Waals surface area (Å²) in [6.45, 7) is 3.66. The van der Waals surface area contributed by atoms with Crippen LogP contribution in [-0.2, 0) is 6.42 Å². The van der Waals surface area contributed by atoms with E-state index in [0.29, 0.717) is 6.04 Å². The van der Waals surface area contributed by atoms with Crippen LogP contribution >= 0.6 is 0 Å². The molecule has 1 fully saturated rings. The number of benzene rings is 1. The summed E-state index contributed by atoms with van der Waals surface area (Å²) in [6, 6.07) is 9.75. The van der Waals surface area contributed by atoms with Crippen LogP contribution in [0.1, 0.15) is 49.3 Å². The number of hydrogen-bond acceptors (Lipinski definition) is 2. The molecule has 2 nitrogen and oxygen atoms in total. The molecule has 1 aliphatic heterocycles. The number of hydrogen-bond donors (Lipinski definition) is 1. The normalized spacial score (nSPS) is 27.1. The highest BCUT2D eigenvalue weighted by molar-refractivity contribution is 5.31. The maximum absolute atomic E-state index is 3.55. The minimum atomic E-state index is 0.635. The lowest BCUT2D eigenvalue weighted by Gasteiger charge is -2.33. The van der Waals surface area contributed by atoms with E-state index in [-0.39, 0.29) is 0 Å². The van der Waals surface area contributed by atoms with E-state index in [1.165, 1.54) is 58.2 Å². The lowest BCUT2D eigenvalue weighted by Crippen LogP contribution is -2.38. The molecule has 0 bridgehead atoms. The molecule has 1 aromatic rings. The van der Waals surface area contributed by atoms with Gasteiger partial charge in [0.1, 0.15) is 0 Å². The number of nitrogens with one attached hydrogen (secondary N) is 1. The van der Waals surface area contributed by atoms with Crippen molar-refractivity contribution in [3.63, 3.8) is 0 Å². The van der Waals surface area contributed by atoms with Crippen molar-refractivity contribution in [1.82, 2.24) is 10.2 Å². The van der Waals surface area contributed by atoms with Crippen molar-refractivity contribution in [2.75, 3.05) is 26.7 Å². The maximum atomic E-state index is 3.55. The number of aryl methyl sites for hydroxylation is 1. The van der Waals surface area contributed by atoms with E-state index in [2.05, 4.69) is 41.5 Å². The predicted molar refractivity (Wildman–Crippen MR) is 85.0 cm³/mol. The largest absolute Gasteiger partial charge is 0.316 e. The van der Waals surface area contributed by atoms with Crippen LogP contribution in [0.3, 0.4) is 0 Å². The Labute approximate surface area is 123 Å². The van der Waals surface area contributed by atoms with E-state index < -0.39 is 0 Å². The van der Waals surface area contributed by atoms with Crippen molar-refractivity contribution in [3.8, 4) is 0 Å². The maximum Gasteiger partial charge on any atom is 0.0347 e. The van der Waals surface area contributed by atoms with Gasteiger partial charge in [-0.2, -0.15) is 0 Å². The first-order valence-corrected chi connectivity index (χ1v) is 8.33. The van der Waals surface area contributed by atoms with E-state index >= 15 is 0 Å². The highest BCUT2D eigenvalue weighted by Gasteiger charge is 2.24. The Hall–Kier alpha value is -0.860. The average Bonchev–Trinajstić information content (AvgIpc) is 2.70. The first kappa shape index (κ1) is 14.1. The summed E-state index contributed by atoms with van der Waals surface area (Å²) in [5.74, 6) is 0.837. The molecule has 2 atom stereocenters. The van der Waals surface area contributed by atoms with Crippen LogP contribution in [-0.4, -0.2) is 31.6 Å². The van der Waals surface area contributed by atoms with Crippen LogP contribution in [0.4, 0.5) is 0 Å². The van der Waals surface area contributed by atoms with E-state index in [9.17, 15) is 0 Å². The fraction of sp³-hybridized carbons (Fsp3) is 0.667. The Morgan fingerprint density at radius 2 is 2.05 bits per heavy atom. The lowest BCUT2D eigenvalue weighted by molar-refractivity contribution is 0.180. The van der Waals surface area contributed by atoms with Crippen LogP contribution in [0, 0.1) is 5.92 Å². The van der Waals surface area contributed by atoms with Gasteiger partial charge >= 0.3 is 0 Å². The molecule has 110 valence electrons. The van der Waals surface area contributed by atoms with Crippen molar-refractivity contribution in [2.24, 2.45) is 5.92 Å². The SMILES string of the molecule is CN(CC1CCCNC1)C1CCCCc2ccccc21. The van der Waals surface area contributed by atoms with Crippen molar-refractivity contribution < 1.29 is 0 Å². The van der Waals surface area contributed by atoms with E-state index in [1.54, 1.807) is 11.1 Å². The third-order valence-corrected chi connectivity index (χ3v) is 5.06. The Bertz CT molecular complexity index is 423. The molecule has 2 heteroatoms. The smallest absolute Gasteiger partial charge is 0.0347 e. The van der Waals surface area contributed by atoms with Crippen molar-refractivity contribution in [2.45, 2.75) is 44.6 Å². The van der Waals surface area contributed by atoms with Crippen LogP contribution in [0.15, 0.2) is 24.3 Å². The fourth-order valence-corrected chi connectivity index (χ4v) is 3.97. The first-order valence-electron chi connectivity index (χ1n) is 8.33. The van der Waals surface area contributed by atoms with E-state index in [1.807, 2.05) is 0 Å². The molecule has 0 aromatic heterocycles. The molecule has 1 heterocycles. The number of fused-ring (bicyclic) bond motifs is 1. The second-order valence-electron chi connectivity index (χ2n) is 6.61. The van der Waals surface area contributed by atoms with Gasteiger partial charge in [-0.05, 0) is 69.3 Å². The molecule has 0 amide bonds. The minimum absolute atomic E-state index is 0.635. The molecule has 2 aliphatic rings. The van der Waals surface area contributed by atoms with Gasteiger partial charge < -0.3 is 5.32 Å². The molecule has 0 radical (unpaired) electrons. The number of nitrogens with zero attached hydrogens (tertiary/aromatic N) is 1. The Morgan fingerprint density at radius 3 is 2.90 bits per heavy atom. The van der Waals surface area contributed by atoms with Gasteiger partial charge in [-0.15, -0.1) is 0 Å². The van der Waals surface area contributed by atoms with Crippen molar-refractivity contribution >= 4 is 0 Å². The zero-order valence-electron chi connectivity index (χ0n) is 12.8. The van der Waals surface area contributed by atoms with E-state index in [0.717, 1.165) is 5.92 Å². The molecule has 0 spiro atoms. The van der Waals surface area contributed by atoms with Gasteiger partial charge in [-0.25, -0.2) is 0 Å². The highest BCUT2D eigenvalue weighted by Crippen LogP contribution is 2.33. The van der Waals surface area contributed by atoms with Gasteiger partial charge in [0.05, 0.1) is 0 Å². The highest BCUT2D eigenvalue weighted by atomic mass is 15.1. The molecule has 2 unspecified atom stereocenters. The van der Waals surface area contributed by atoms with Gasteiger partial charge in [-0.3, -0.25) is 4.90 Å². The molecule has 1 aliphatic carbocycles. The quantitative estimate of drug-likeness (QED) is 0.849. The Balaban J connectivity index is 1.71. The standard InChI is InChI=1S/C18H28N2/c1-20(14-15-7-6-12-19-13-15)18-11-5-3-9-16-8-2-4-10-17(16)18/h2,4,8,10,15,18-19H,3,5-7,9,11-14H2,1H3. The van der Waals surface area contributed by atoms with Crippen molar-refractivity contribution in [1.29, 1.82) is 0 Å². The summed E-state index contributed by atoms with van der Waals surface area (Å²) < 4.78 is 0. The third kappa shape index (κ3) is 3.24. The Morgan fingerprint density at radius 1 is 1.15 bits per heavy atom. The van der Waals surface area contributed by atoms with Gasteiger partial charge in [0.25, 0.3) is 0 Å². The third-order valence-electron chi connectivity index (χ3n) is 5.06. The van der Waals surface area contributed by atoms with E-state index in [4.69, 9.17) is 0 Å². The summed E-state index contributed by atoms with van der Waals surface area (Å²) in [5.41, 5.74) is 3.18. The summed E-state index contributed by atoms with van der Waals surface area (Å²) >= 11 is 0. The van der Waals surface area contributed by atoms with Crippen molar-refractivity contribution in [3.05, 3.63) is 35.4 Å². The molecule has 1 saturated heterocycles. The van der Waals surface area contributed by atoms with Gasteiger partial charge in [0.2, 0.25) is 0 Å². The fourth-order valence-electron chi connectivity index (χ4n) is 3.97. The Kier molecular flexibility index (Phi) is 4.74. The summed E-state index contributed by atoms with van der Waals surface area (Å²) in [7, 11) is 2.33. The topological polar surface area (TPSA) is 15.3 Å². The number of rotatable bonds is 3. The molecule has 20 heavy (non-hydrogen) atoms. The molecule has 3 rings (SSSR count). The average molecular weight is 272 g/mol. The summed E-state index contributed by atoms with van der Waals surface area (Å²) in [4.78, 5) is 2.63. The van der Waals surface area contributed by atoms with Gasteiger partial charge in [-0.1, -0.05) is 30.7 Å². The molecule has 1 aromatic carbocycles. The van der Waals surface area contributed by atoms with Crippen LogP contribution in [0.2, 0.25) is 0 Å². The molecular weight excluding hydrogens is 244 g/mol. The molecule has 1 N–H and O–H groups in total. The van der Waals surface area contributed by atoms with Gasteiger partial charge in [0.15, 0.2) is 0 Å².